The van der Waals surface area contributed by atoms with Gasteiger partial charge in [-0.1, -0.05) is 6.07 Å². The molecule has 2 atom stereocenters. The second kappa shape index (κ2) is 8.16. The van der Waals surface area contributed by atoms with Crippen LogP contribution in [0.2, 0.25) is 0 Å². The van der Waals surface area contributed by atoms with Gasteiger partial charge in [-0.2, -0.15) is 0 Å². The van der Waals surface area contributed by atoms with Gasteiger partial charge in [0.1, 0.15) is 15.5 Å². The lowest BCUT2D eigenvalue weighted by Crippen LogP contribution is -2.47. The number of pyridine rings is 2. The van der Waals surface area contributed by atoms with Crippen LogP contribution >= 0.6 is 11.3 Å². The molecule has 10 heteroatoms. The fraction of sp³-hybridized carbons (Fsp3) is 0.458. The Morgan fingerprint density at radius 1 is 1.24 bits per heavy atom. The highest BCUT2D eigenvalue weighted by atomic mass is 32.1. The number of anilines is 2. The predicted octanol–water partition coefficient (Wildman–Crippen LogP) is 1.76. The van der Waals surface area contributed by atoms with Crippen molar-refractivity contribution in [3.05, 3.63) is 46.1 Å². The van der Waals surface area contributed by atoms with Crippen LogP contribution in [0.4, 0.5) is 11.5 Å². The first kappa shape index (κ1) is 21.7. The minimum Gasteiger partial charge on any atom is -0.397 e. The number of hydrogen-bond donors (Lipinski definition) is 3. The highest BCUT2D eigenvalue weighted by Gasteiger charge is 2.50. The summed E-state index contributed by atoms with van der Waals surface area (Å²) in [6.45, 7) is 4.32. The number of nitrogens with zero attached hydrogens (tertiary/aromatic N) is 3. The molecule has 2 fully saturated rings. The topological polar surface area (TPSA) is 129 Å². The molecule has 5 heterocycles. The van der Waals surface area contributed by atoms with E-state index < -0.39 is 5.79 Å². The molecule has 0 radical (unpaired) electrons. The summed E-state index contributed by atoms with van der Waals surface area (Å²) in [6.07, 6.45) is 2.37. The summed E-state index contributed by atoms with van der Waals surface area (Å²) in [7, 11) is 0. The summed E-state index contributed by atoms with van der Waals surface area (Å²) < 4.78 is 11.7. The zero-order valence-corrected chi connectivity index (χ0v) is 19.9. The summed E-state index contributed by atoms with van der Waals surface area (Å²) in [5.74, 6) is 0.0490. The third kappa shape index (κ3) is 3.61. The van der Waals surface area contributed by atoms with Crippen LogP contribution in [0.3, 0.4) is 0 Å². The predicted molar refractivity (Wildman–Crippen MR) is 131 cm³/mol. The zero-order valence-electron chi connectivity index (χ0n) is 19.0. The number of aryl methyl sites for hydroxylation is 2. The van der Waals surface area contributed by atoms with Gasteiger partial charge >= 0.3 is 0 Å². The first-order valence-corrected chi connectivity index (χ1v) is 12.5. The summed E-state index contributed by atoms with van der Waals surface area (Å²) in [4.78, 5) is 25.9. The van der Waals surface area contributed by atoms with Crippen molar-refractivity contribution in [2.75, 3.05) is 36.9 Å². The Bertz CT molecular complexity index is 1270. The number of thiophene rings is 1. The largest absolute Gasteiger partial charge is 0.397 e. The molecule has 1 amide bonds. The zero-order chi connectivity index (χ0) is 23.4. The molecular weight excluding hydrogens is 452 g/mol. The molecule has 5 N–H and O–H groups in total. The van der Waals surface area contributed by atoms with E-state index in [0.717, 1.165) is 52.2 Å². The smallest absolute Gasteiger partial charge is 0.263 e. The number of amides is 1. The van der Waals surface area contributed by atoms with Crippen LogP contribution in [0.25, 0.3) is 10.2 Å². The third-order valence-electron chi connectivity index (χ3n) is 7.02. The van der Waals surface area contributed by atoms with E-state index in [-0.39, 0.29) is 18.0 Å². The first-order valence-electron chi connectivity index (χ1n) is 11.7. The molecule has 3 aliphatic rings. The van der Waals surface area contributed by atoms with Crippen LogP contribution < -0.4 is 21.7 Å². The fourth-order valence-corrected chi connectivity index (χ4v) is 6.23. The lowest BCUT2D eigenvalue weighted by molar-refractivity contribution is -0.147. The van der Waals surface area contributed by atoms with Crippen LogP contribution in [-0.2, 0) is 22.3 Å². The molecule has 6 rings (SSSR count). The number of carbonyl (C=O) groups is 1. The van der Waals surface area contributed by atoms with Gasteiger partial charge in [-0.05, 0) is 49.9 Å². The average Bonchev–Trinajstić information content (AvgIpc) is 3.52. The van der Waals surface area contributed by atoms with Crippen molar-refractivity contribution in [1.29, 1.82) is 0 Å². The maximum absolute atomic E-state index is 13.0. The maximum atomic E-state index is 13.0. The number of aromatic nitrogens is 2. The average molecular weight is 481 g/mol. The fourth-order valence-electron chi connectivity index (χ4n) is 5.18. The molecule has 9 nitrogen and oxygen atoms in total. The van der Waals surface area contributed by atoms with Crippen molar-refractivity contribution in [3.8, 4) is 0 Å². The van der Waals surface area contributed by atoms with E-state index in [4.69, 9.17) is 25.9 Å². The third-order valence-corrected chi connectivity index (χ3v) is 8.13. The molecule has 2 saturated heterocycles. The van der Waals surface area contributed by atoms with Crippen molar-refractivity contribution in [2.45, 2.75) is 44.1 Å². The highest BCUT2D eigenvalue weighted by Crippen LogP contribution is 2.34. The first-order chi connectivity index (χ1) is 16.4. The van der Waals surface area contributed by atoms with Crippen molar-refractivity contribution >= 4 is 39.0 Å². The molecule has 1 aliphatic carbocycles. The molecule has 0 saturated carbocycles. The lowest BCUT2D eigenvalue weighted by atomic mass is 9.91. The van der Waals surface area contributed by atoms with E-state index in [0.29, 0.717) is 36.9 Å². The number of hydrogen-bond acceptors (Lipinski definition) is 9. The van der Waals surface area contributed by atoms with E-state index >= 15 is 0 Å². The molecule has 1 unspecified atom stereocenters. The Morgan fingerprint density at radius 3 is 2.88 bits per heavy atom. The Hall–Kier alpha value is -2.79. The van der Waals surface area contributed by atoms with Crippen LogP contribution in [0.5, 0.6) is 0 Å². The monoisotopic (exact) mass is 480 g/mol. The SMILES string of the molecule is Cc1ccc2c(N)c(C(=O)N[C@H]3CCc4nc(N5CC(N)C6(C5)OCCO6)ccc4C3)sc2n1. The summed E-state index contributed by atoms with van der Waals surface area (Å²) in [5, 5.41) is 4.01. The number of rotatable bonds is 3. The molecule has 178 valence electrons. The minimum absolute atomic E-state index is 0.0377. The van der Waals surface area contributed by atoms with Gasteiger partial charge in [0.15, 0.2) is 0 Å². The molecule has 0 aromatic carbocycles. The van der Waals surface area contributed by atoms with Crippen molar-refractivity contribution in [2.24, 2.45) is 5.73 Å². The molecular formula is C24H28N6O3S. The van der Waals surface area contributed by atoms with Gasteiger partial charge in [-0.15, -0.1) is 11.3 Å². The highest BCUT2D eigenvalue weighted by molar-refractivity contribution is 7.21. The number of nitrogens with one attached hydrogen (secondary N) is 1. The second-order valence-electron chi connectivity index (χ2n) is 9.33. The Labute approximate surface area is 201 Å². The van der Waals surface area contributed by atoms with Crippen molar-refractivity contribution in [1.82, 2.24) is 15.3 Å². The Kier molecular flexibility index (Phi) is 5.21. The number of carbonyl (C=O) groups excluding carboxylic acids is 1. The van der Waals surface area contributed by atoms with Crippen molar-refractivity contribution < 1.29 is 14.3 Å². The second-order valence-corrected chi connectivity index (χ2v) is 10.3. The summed E-state index contributed by atoms with van der Waals surface area (Å²) in [5.41, 5.74) is 16.2. The Balaban J connectivity index is 1.15. The number of nitrogen functional groups attached to an aromatic ring is 1. The van der Waals surface area contributed by atoms with E-state index in [2.05, 4.69) is 21.3 Å². The van der Waals surface area contributed by atoms with Gasteiger partial charge in [-0.25, -0.2) is 9.97 Å². The molecule has 2 aliphatic heterocycles. The number of ether oxygens (including phenoxy) is 2. The lowest BCUT2D eigenvalue weighted by Gasteiger charge is -2.27. The number of fused-ring (bicyclic) bond motifs is 2. The molecule has 34 heavy (non-hydrogen) atoms. The standard InChI is InChI=1S/C24H28N6O3S/c1-13-2-5-16-20(26)21(34-23(16)27-13)22(31)28-15-4-6-17-14(10-15)3-7-19(29-17)30-11-18(25)24(12-30)32-8-9-33-24/h2-3,5,7,15,18H,4,6,8-12,25-26H2,1H3,(H,28,31)/t15-,18?/m0/s1. The Morgan fingerprint density at radius 2 is 2.06 bits per heavy atom. The van der Waals surface area contributed by atoms with E-state index in [9.17, 15) is 4.79 Å². The van der Waals surface area contributed by atoms with E-state index in [1.807, 2.05) is 25.1 Å². The van der Waals surface area contributed by atoms with Gasteiger partial charge in [0.25, 0.3) is 5.91 Å². The van der Waals surface area contributed by atoms with Crippen LogP contribution in [0.1, 0.15) is 33.0 Å². The molecule has 0 bridgehead atoms. The quantitative estimate of drug-likeness (QED) is 0.517. The van der Waals surface area contributed by atoms with Gasteiger partial charge < -0.3 is 31.2 Å². The normalized spacial score (nSPS) is 23.5. The minimum atomic E-state index is -0.713. The van der Waals surface area contributed by atoms with Gasteiger partial charge in [0.05, 0.1) is 31.5 Å². The molecule has 1 spiro atoms. The van der Waals surface area contributed by atoms with E-state index in [1.165, 1.54) is 11.3 Å². The summed E-state index contributed by atoms with van der Waals surface area (Å²) in [6, 6.07) is 7.82. The van der Waals surface area contributed by atoms with E-state index in [1.54, 1.807) is 0 Å². The van der Waals surface area contributed by atoms with Crippen LogP contribution in [0, 0.1) is 6.92 Å². The van der Waals surface area contributed by atoms with Crippen LogP contribution in [-0.4, -0.2) is 60.0 Å². The van der Waals surface area contributed by atoms with Gasteiger partial charge in [-0.3, -0.25) is 4.79 Å². The van der Waals surface area contributed by atoms with Crippen molar-refractivity contribution in [3.63, 3.8) is 0 Å². The maximum Gasteiger partial charge on any atom is 0.263 e. The van der Waals surface area contributed by atoms with Gasteiger partial charge in [0, 0.05) is 29.4 Å². The molecule has 3 aromatic heterocycles. The van der Waals surface area contributed by atoms with Crippen LogP contribution in [0.15, 0.2) is 24.3 Å². The van der Waals surface area contributed by atoms with Gasteiger partial charge in [0.2, 0.25) is 5.79 Å². The number of nitrogens with two attached hydrogens (primary N) is 2. The summed E-state index contributed by atoms with van der Waals surface area (Å²) >= 11 is 1.35. The molecule has 3 aromatic rings.